The minimum absolute atomic E-state index is 0.236. The lowest BCUT2D eigenvalue weighted by molar-refractivity contribution is -0.120. The fraction of sp³-hybridized carbons (Fsp3) is 0.312. The molecule has 0 atom stereocenters. The minimum atomic E-state index is -0.401. The van der Waals surface area contributed by atoms with Gasteiger partial charge in [-0.2, -0.15) is 0 Å². The lowest BCUT2D eigenvalue weighted by Crippen LogP contribution is -2.50. The number of fused-ring (bicyclic) bond motifs is 1. The van der Waals surface area contributed by atoms with Gasteiger partial charge in [-0.1, -0.05) is 38.1 Å². The Morgan fingerprint density at radius 3 is 2.62 bits per heavy atom. The molecule has 0 spiro atoms. The first kappa shape index (κ1) is 15.0. The molecule has 21 heavy (non-hydrogen) atoms. The molecular weight excluding hydrogens is 266 g/mol. The van der Waals surface area contributed by atoms with E-state index in [2.05, 4.69) is 10.3 Å². The van der Waals surface area contributed by atoms with Crippen LogP contribution in [-0.2, 0) is 4.79 Å². The third-order valence-corrected chi connectivity index (χ3v) is 3.34. The van der Waals surface area contributed by atoms with Gasteiger partial charge in [0.15, 0.2) is 0 Å². The summed E-state index contributed by atoms with van der Waals surface area (Å²) in [5, 5.41) is 4.42. The first-order valence-electron chi connectivity index (χ1n) is 7.12. The van der Waals surface area contributed by atoms with E-state index in [1.807, 2.05) is 45.0 Å². The minimum Gasteiger partial charge on any atom is -0.278 e. The third kappa shape index (κ3) is 2.86. The number of urea groups is 1. The zero-order chi connectivity index (χ0) is 15.4. The van der Waals surface area contributed by atoms with E-state index in [0.717, 1.165) is 16.3 Å². The van der Waals surface area contributed by atoms with Gasteiger partial charge in [-0.15, -0.1) is 0 Å². The van der Waals surface area contributed by atoms with Crippen molar-refractivity contribution in [2.24, 2.45) is 0 Å². The van der Waals surface area contributed by atoms with Crippen LogP contribution in [0, 0.1) is 6.92 Å². The second-order valence-electron chi connectivity index (χ2n) is 4.55. The van der Waals surface area contributed by atoms with Crippen molar-refractivity contribution in [3.63, 3.8) is 0 Å². The largest absolute Gasteiger partial charge is 0.329 e. The number of imide groups is 1. The Labute approximate surface area is 124 Å². The van der Waals surface area contributed by atoms with Crippen LogP contribution in [0.3, 0.4) is 0 Å². The SMILES string of the molecule is CC.Cc1c(N2CCC(=O)NC2=O)ncc2ccccc12. The second kappa shape index (κ2) is 6.35. The Kier molecular flexibility index (Phi) is 4.52. The van der Waals surface area contributed by atoms with Crippen molar-refractivity contribution in [2.75, 3.05) is 11.4 Å². The van der Waals surface area contributed by atoms with Gasteiger partial charge >= 0.3 is 6.03 Å². The van der Waals surface area contributed by atoms with E-state index in [-0.39, 0.29) is 5.91 Å². The fourth-order valence-electron chi connectivity index (χ4n) is 2.34. The van der Waals surface area contributed by atoms with E-state index in [1.165, 1.54) is 4.90 Å². The summed E-state index contributed by atoms with van der Waals surface area (Å²) in [5.41, 5.74) is 0.947. The first-order chi connectivity index (χ1) is 10.2. The maximum atomic E-state index is 11.8. The van der Waals surface area contributed by atoms with Crippen molar-refractivity contribution in [1.82, 2.24) is 10.3 Å². The van der Waals surface area contributed by atoms with Gasteiger partial charge in [0.1, 0.15) is 5.82 Å². The summed E-state index contributed by atoms with van der Waals surface area (Å²) >= 11 is 0. The van der Waals surface area contributed by atoms with Gasteiger partial charge in [0, 0.05) is 24.5 Å². The Morgan fingerprint density at radius 1 is 1.19 bits per heavy atom. The summed E-state index contributed by atoms with van der Waals surface area (Å²) in [7, 11) is 0. The fourth-order valence-corrected chi connectivity index (χ4v) is 2.34. The molecule has 1 fully saturated rings. The van der Waals surface area contributed by atoms with Crippen LogP contribution in [0.4, 0.5) is 10.6 Å². The highest BCUT2D eigenvalue weighted by atomic mass is 16.2. The van der Waals surface area contributed by atoms with Crippen molar-refractivity contribution < 1.29 is 9.59 Å². The number of anilines is 1. The second-order valence-corrected chi connectivity index (χ2v) is 4.55. The van der Waals surface area contributed by atoms with Gasteiger partial charge < -0.3 is 0 Å². The molecule has 5 heteroatoms. The zero-order valence-electron chi connectivity index (χ0n) is 12.5. The number of nitrogens with zero attached hydrogens (tertiary/aromatic N) is 2. The molecule has 3 rings (SSSR count). The molecule has 1 aliphatic heterocycles. The average molecular weight is 285 g/mol. The Bertz CT molecular complexity index is 682. The lowest BCUT2D eigenvalue weighted by atomic mass is 10.1. The molecule has 1 aromatic heterocycles. The van der Waals surface area contributed by atoms with Gasteiger partial charge in [-0.25, -0.2) is 9.78 Å². The zero-order valence-corrected chi connectivity index (χ0v) is 12.5. The van der Waals surface area contributed by atoms with Crippen LogP contribution in [0.5, 0.6) is 0 Å². The molecule has 0 saturated carbocycles. The molecular formula is C16H19N3O2. The van der Waals surface area contributed by atoms with Crippen LogP contribution in [-0.4, -0.2) is 23.5 Å². The number of hydrogen-bond acceptors (Lipinski definition) is 3. The van der Waals surface area contributed by atoms with E-state index in [9.17, 15) is 9.59 Å². The van der Waals surface area contributed by atoms with E-state index in [4.69, 9.17) is 0 Å². The Morgan fingerprint density at radius 2 is 1.90 bits per heavy atom. The average Bonchev–Trinajstić information content (AvgIpc) is 2.51. The number of benzene rings is 1. The predicted octanol–water partition coefficient (Wildman–Crippen LogP) is 3.02. The van der Waals surface area contributed by atoms with Gasteiger partial charge in [-0.05, 0) is 17.9 Å². The van der Waals surface area contributed by atoms with E-state index >= 15 is 0 Å². The highest BCUT2D eigenvalue weighted by Crippen LogP contribution is 2.26. The summed E-state index contributed by atoms with van der Waals surface area (Å²) in [5.74, 6) is 0.378. The van der Waals surface area contributed by atoms with Crippen LogP contribution < -0.4 is 10.2 Å². The normalized spacial score (nSPS) is 14.5. The third-order valence-electron chi connectivity index (χ3n) is 3.34. The number of hydrogen-bond donors (Lipinski definition) is 1. The van der Waals surface area contributed by atoms with E-state index in [0.29, 0.717) is 18.8 Å². The number of amides is 3. The molecule has 5 nitrogen and oxygen atoms in total. The maximum Gasteiger partial charge on any atom is 0.329 e. The molecule has 3 amide bonds. The highest BCUT2D eigenvalue weighted by Gasteiger charge is 2.26. The molecule has 0 radical (unpaired) electrons. The van der Waals surface area contributed by atoms with Gasteiger partial charge in [0.25, 0.3) is 0 Å². The molecule has 0 bridgehead atoms. The molecule has 0 unspecified atom stereocenters. The maximum absolute atomic E-state index is 11.8. The van der Waals surface area contributed by atoms with Crippen molar-refractivity contribution in [1.29, 1.82) is 0 Å². The molecule has 1 aromatic carbocycles. The number of pyridine rings is 1. The standard InChI is InChI=1S/C14H13N3O2.C2H6/c1-9-11-5-3-2-4-10(11)8-15-13(9)17-7-6-12(18)16-14(17)19;1-2/h2-5,8H,6-7H2,1H3,(H,16,18,19);1-2H3. The topological polar surface area (TPSA) is 62.3 Å². The van der Waals surface area contributed by atoms with Gasteiger partial charge in [0.05, 0.1) is 0 Å². The molecule has 110 valence electrons. The lowest BCUT2D eigenvalue weighted by Gasteiger charge is -2.27. The molecule has 2 aromatic rings. The molecule has 2 heterocycles. The predicted molar refractivity (Wildman–Crippen MR) is 83.3 cm³/mol. The summed E-state index contributed by atoms with van der Waals surface area (Å²) in [6.45, 7) is 6.31. The Hall–Kier alpha value is -2.43. The molecule has 1 N–H and O–H groups in total. The monoisotopic (exact) mass is 285 g/mol. The van der Waals surface area contributed by atoms with Crippen molar-refractivity contribution in [3.8, 4) is 0 Å². The quantitative estimate of drug-likeness (QED) is 0.876. The Balaban J connectivity index is 0.000000774. The summed E-state index contributed by atoms with van der Waals surface area (Å²) in [4.78, 5) is 28.9. The number of aromatic nitrogens is 1. The van der Waals surface area contributed by atoms with Gasteiger partial charge in [-0.3, -0.25) is 15.0 Å². The number of aryl methyl sites for hydroxylation is 1. The number of nitrogens with one attached hydrogen (secondary N) is 1. The van der Waals surface area contributed by atoms with Crippen LogP contribution in [0.1, 0.15) is 25.8 Å². The summed E-state index contributed by atoms with van der Waals surface area (Å²) < 4.78 is 0. The summed E-state index contributed by atoms with van der Waals surface area (Å²) in [6, 6.07) is 7.50. The highest BCUT2D eigenvalue weighted by molar-refractivity contribution is 6.06. The number of carbonyl (C=O) groups excluding carboxylic acids is 2. The van der Waals surface area contributed by atoms with E-state index < -0.39 is 6.03 Å². The molecule has 0 aliphatic carbocycles. The number of rotatable bonds is 1. The van der Waals surface area contributed by atoms with Crippen LogP contribution in [0.2, 0.25) is 0 Å². The molecule has 1 aliphatic rings. The van der Waals surface area contributed by atoms with E-state index in [1.54, 1.807) is 6.20 Å². The smallest absolute Gasteiger partial charge is 0.278 e. The van der Waals surface area contributed by atoms with Crippen molar-refractivity contribution in [2.45, 2.75) is 27.2 Å². The van der Waals surface area contributed by atoms with Crippen LogP contribution in [0.25, 0.3) is 10.8 Å². The first-order valence-corrected chi connectivity index (χ1v) is 7.12. The van der Waals surface area contributed by atoms with Crippen LogP contribution in [0.15, 0.2) is 30.5 Å². The molecule has 1 saturated heterocycles. The summed E-state index contributed by atoms with van der Waals surface area (Å²) in [6.07, 6.45) is 2.06. The van der Waals surface area contributed by atoms with Gasteiger partial charge in [0.2, 0.25) is 5.91 Å². The van der Waals surface area contributed by atoms with Crippen molar-refractivity contribution >= 4 is 28.5 Å². The van der Waals surface area contributed by atoms with Crippen LogP contribution >= 0.6 is 0 Å². The van der Waals surface area contributed by atoms with Crippen molar-refractivity contribution in [3.05, 3.63) is 36.0 Å². The number of carbonyl (C=O) groups is 2.